The fourth-order valence-electron chi connectivity index (χ4n) is 2.18. The summed E-state index contributed by atoms with van der Waals surface area (Å²) >= 11 is 3.03. The van der Waals surface area contributed by atoms with Gasteiger partial charge in [0, 0.05) is 13.1 Å². The van der Waals surface area contributed by atoms with E-state index in [-0.39, 0.29) is 40.6 Å². The SMILES string of the molecule is NS(=O)(=O)OC(=O)NCCNc1nonc1-c1noc(=O)n1-c1ccc(F)c(Br)c1. The van der Waals surface area contributed by atoms with E-state index in [9.17, 15) is 22.4 Å². The van der Waals surface area contributed by atoms with Gasteiger partial charge in [-0.2, -0.15) is 13.6 Å². The lowest BCUT2D eigenvalue weighted by Crippen LogP contribution is -2.33. The molecule has 160 valence electrons. The van der Waals surface area contributed by atoms with E-state index in [1.165, 1.54) is 12.1 Å². The van der Waals surface area contributed by atoms with Crippen molar-refractivity contribution in [1.82, 2.24) is 25.4 Å². The van der Waals surface area contributed by atoms with Crippen LogP contribution in [0.25, 0.3) is 17.2 Å². The molecule has 0 aliphatic rings. The molecule has 0 radical (unpaired) electrons. The normalized spacial score (nSPS) is 11.3. The third-order valence-electron chi connectivity index (χ3n) is 3.34. The van der Waals surface area contributed by atoms with Crippen LogP contribution in [0.4, 0.5) is 15.0 Å². The average Bonchev–Trinajstić information content (AvgIpc) is 3.26. The van der Waals surface area contributed by atoms with E-state index in [0.29, 0.717) is 0 Å². The molecule has 0 saturated carbocycles. The van der Waals surface area contributed by atoms with Crippen LogP contribution < -0.4 is 21.5 Å². The molecule has 0 atom stereocenters. The summed E-state index contributed by atoms with van der Waals surface area (Å²) in [7, 11) is -4.43. The smallest absolute Gasteiger partial charge is 0.363 e. The minimum absolute atomic E-state index is 0.0190. The average molecular weight is 508 g/mol. The van der Waals surface area contributed by atoms with Crippen LogP contribution in [-0.4, -0.2) is 47.6 Å². The van der Waals surface area contributed by atoms with Crippen molar-refractivity contribution in [3.8, 4) is 17.2 Å². The number of nitrogens with one attached hydrogen (secondary N) is 2. The highest BCUT2D eigenvalue weighted by Gasteiger charge is 2.23. The maximum atomic E-state index is 13.5. The molecule has 4 N–H and O–H groups in total. The van der Waals surface area contributed by atoms with Crippen LogP contribution in [0.1, 0.15) is 0 Å². The number of carbonyl (C=O) groups excluding carboxylic acids is 1. The van der Waals surface area contributed by atoms with Crippen molar-refractivity contribution in [2.45, 2.75) is 0 Å². The summed E-state index contributed by atoms with van der Waals surface area (Å²) in [6, 6.07) is 3.79. The van der Waals surface area contributed by atoms with Crippen molar-refractivity contribution in [2.24, 2.45) is 5.14 Å². The molecular formula is C13H11BrFN7O7S. The number of aromatic nitrogens is 4. The molecule has 17 heteroatoms. The van der Waals surface area contributed by atoms with Gasteiger partial charge >= 0.3 is 22.2 Å². The summed E-state index contributed by atoms with van der Waals surface area (Å²) < 4.78 is 49.1. The van der Waals surface area contributed by atoms with E-state index in [1.807, 2.05) is 0 Å². The molecule has 3 aromatic rings. The van der Waals surface area contributed by atoms with E-state index in [1.54, 1.807) is 0 Å². The molecule has 0 fully saturated rings. The van der Waals surface area contributed by atoms with Gasteiger partial charge in [-0.1, -0.05) is 5.16 Å². The first-order chi connectivity index (χ1) is 14.2. The van der Waals surface area contributed by atoms with Gasteiger partial charge in [0.25, 0.3) is 0 Å². The number of nitrogens with zero attached hydrogens (tertiary/aromatic N) is 4. The molecule has 30 heavy (non-hydrogen) atoms. The second-order valence-electron chi connectivity index (χ2n) is 5.38. The van der Waals surface area contributed by atoms with Crippen LogP contribution in [0, 0.1) is 5.82 Å². The lowest BCUT2D eigenvalue weighted by atomic mass is 10.3. The van der Waals surface area contributed by atoms with E-state index in [0.717, 1.165) is 10.6 Å². The molecule has 1 amide bonds. The topological polar surface area (TPSA) is 197 Å². The summed E-state index contributed by atoms with van der Waals surface area (Å²) in [6.45, 7) is -0.0811. The minimum Gasteiger partial charge on any atom is -0.363 e. The molecule has 0 spiro atoms. The zero-order chi connectivity index (χ0) is 21.9. The van der Waals surface area contributed by atoms with Gasteiger partial charge in [0.05, 0.1) is 10.2 Å². The van der Waals surface area contributed by atoms with Crippen molar-refractivity contribution in [1.29, 1.82) is 0 Å². The second kappa shape index (κ2) is 8.59. The number of rotatable bonds is 7. The highest BCUT2D eigenvalue weighted by molar-refractivity contribution is 9.10. The van der Waals surface area contributed by atoms with E-state index in [2.05, 4.69) is 60.5 Å². The number of hydrogen-bond donors (Lipinski definition) is 3. The molecule has 3 rings (SSSR count). The van der Waals surface area contributed by atoms with Crippen LogP contribution in [-0.2, 0) is 14.5 Å². The number of halogens is 2. The van der Waals surface area contributed by atoms with Crippen molar-refractivity contribution >= 4 is 38.1 Å². The first-order valence-electron chi connectivity index (χ1n) is 7.76. The highest BCUT2D eigenvalue weighted by Crippen LogP contribution is 2.25. The highest BCUT2D eigenvalue weighted by atomic mass is 79.9. The van der Waals surface area contributed by atoms with Crippen LogP contribution in [0.3, 0.4) is 0 Å². The molecule has 1 aromatic carbocycles. The first-order valence-corrected chi connectivity index (χ1v) is 10.0. The lowest BCUT2D eigenvalue weighted by Gasteiger charge is -2.07. The Hall–Kier alpha value is -3.31. The Morgan fingerprint density at radius 2 is 2.07 bits per heavy atom. The number of nitrogens with two attached hydrogens (primary N) is 1. The summed E-state index contributed by atoms with van der Waals surface area (Å²) in [6.07, 6.45) is -1.27. The number of benzene rings is 1. The Morgan fingerprint density at radius 3 is 2.77 bits per heavy atom. The molecule has 0 aliphatic heterocycles. The van der Waals surface area contributed by atoms with Gasteiger partial charge in [0.1, 0.15) is 5.82 Å². The molecule has 0 saturated heterocycles. The van der Waals surface area contributed by atoms with Crippen molar-refractivity contribution in [3.05, 3.63) is 39.0 Å². The molecule has 0 aliphatic carbocycles. The van der Waals surface area contributed by atoms with Crippen LogP contribution in [0.2, 0.25) is 0 Å². The zero-order valence-electron chi connectivity index (χ0n) is 14.5. The standard InChI is InChI=1S/C13H11BrFN7O7S/c14-7-5-6(1-2-8(7)15)22-11(21-27-13(22)24)9-10(20-29-19-9)17-3-4-18-12(23)28-30(16,25)26/h1-2,5H,3-4H2,(H,17,20)(H,18,23)(H2,16,25,26). The number of anilines is 1. The Balaban J connectivity index is 1.75. The second-order valence-corrected chi connectivity index (χ2v) is 7.39. The summed E-state index contributed by atoms with van der Waals surface area (Å²) in [5.41, 5.74) is 0.208. The van der Waals surface area contributed by atoms with Crippen molar-refractivity contribution in [3.63, 3.8) is 0 Å². The third-order valence-corrected chi connectivity index (χ3v) is 4.34. The summed E-state index contributed by atoms with van der Waals surface area (Å²) in [5.74, 6) is -1.47. The van der Waals surface area contributed by atoms with Crippen LogP contribution in [0.15, 0.2) is 36.6 Å². The minimum atomic E-state index is -4.43. The molecule has 14 nitrogen and oxygen atoms in total. The summed E-state index contributed by atoms with van der Waals surface area (Å²) in [4.78, 5) is 23.3. The monoisotopic (exact) mass is 507 g/mol. The largest absolute Gasteiger partial charge is 0.446 e. The van der Waals surface area contributed by atoms with Crippen molar-refractivity contribution in [2.75, 3.05) is 18.4 Å². The van der Waals surface area contributed by atoms with Gasteiger partial charge < -0.3 is 14.8 Å². The fraction of sp³-hybridized carbons (Fsp3) is 0.154. The Morgan fingerprint density at radius 1 is 1.30 bits per heavy atom. The Kier molecular flexibility index (Phi) is 6.13. The molecule has 2 heterocycles. The van der Waals surface area contributed by atoms with Gasteiger partial charge in [-0.15, -0.1) is 0 Å². The lowest BCUT2D eigenvalue weighted by molar-refractivity contribution is 0.203. The van der Waals surface area contributed by atoms with Crippen LogP contribution in [0.5, 0.6) is 0 Å². The maximum Gasteiger partial charge on any atom is 0.446 e. The van der Waals surface area contributed by atoms with E-state index < -0.39 is 28.0 Å². The van der Waals surface area contributed by atoms with Gasteiger partial charge in [0.2, 0.25) is 11.6 Å². The van der Waals surface area contributed by atoms with Gasteiger partial charge in [-0.3, -0.25) is 4.52 Å². The third kappa shape index (κ3) is 4.99. The quantitative estimate of drug-likeness (QED) is 0.367. The number of carbonyl (C=O) groups is 1. The van der Waals surface area contributed by atoms with Crippen LogP contribution >= 0.6 is 15.9 Å². The molecule has 0 bridgehead atoms. The van der Waals surface area contributed by atoms with Gasteiger partial charge in [-0.25, -0.2) is 23.2 Å². The molecule has 0 unspecified atom stereocenters. The predicted molar refractivity (Wildman–Crippen MR) is 99.1 cm³/mol. The fourth-order valence-corrected chi connectivity index (χ4v) is 2.82. The Bertz CT molecular complexity index is 1240. The first kappa shape index (κ1) is 21.4. The predicted octanol–water partition coefficient (Wildman–Crippen LogP) is 0.119. The zero-order valence-corrected chi connectivity index (χ0v) is 16.9. The van der Waals surface area contributed by atoms with Gasteiger partial charge in [-0.05, 0) is 44.4 Å². The molecule has 2 aromatic heterocycles. The van der Waals surface area contributed by atoms with Gasteiger partial charge in [0.15, 0.2) is 5.69 Å². The maximum absolute atomic E-state index is 13.5. The number of amides is 1. The molecular weight excluding hydrogens is 497 g/mol. The van der Waals surface area contributed by atoms with E-state index >= 15 is 0 Å². The number of hydrogen-bond acceptors (Lipinski definition) is 11. The van der Waals surface area contributed by atoms with Crippen molar-refractivity contribution < 1.29 is 30.9 Å². The summed E-state index contributed by atoms with van der Waals surface area (Å²) in [5, 5.41) is 20.3. The Labute approximate surface area is 174 Å². The van der Waals surface area contributed by atoms with E-state index in [4.69, 9.17) is 0 Å².